The Morgan fingerprint density at radius 1 is 1.29 bits per heavy atom. The minimum atomic E-state index is -0.522. The normalized spacial score (nSPS) is 10.3. The summed E-state index contributed by atoms with van der Waals surface area (Å²) in [5, 5.41) is 8.83. The SMILES string of the molecule is Cc1nc2cc(OC(=O)c3cccc(C#N)c3)ccc2o1. The number of hydrogen-bond donors (Lipinski definition) is 0. The molecule has 0 N–H and O–H groups in total. The third-order valence-corrected chi connectivity index (χ3v) is 2.90. The van der Waals surface area contributed by atoms with Crippen LogP contribution in [0.2, 0.25) is 0 Å². The summed E-state index contributed by atoms with van der Waals surface area (Å²) in [6.45, 7) is 1.75. The van der Waals surface area contributed by atoms with E-state index in [-0.39, 0.29) is 0 Å². The zero-order valence-corrected chi connectivity index (χ0v) is 11.2. The van der Waals surface area contributed by atoms with E-state index >= 15 is 0 Å². The van der Waals surface area contributed by atoms with Crippen LogP contribution in [0.4, 0.5) is 0 Å². The van der Waals surface area contributed by atoms with Crippen LogP contribution in [0.5, 0.6) is 5.75 Å². The van der Waals surface area contributed by atoms with E-state index < -0.39 is 5.97 Å². The van der Waals surface area contributed by atoms with Crippen molar-refractivity contribution in [2.24, 2.45) is 0 Å². The van der Waals surface area contributed by atoms with E-state index in [9.17, 15) is 4.79 Å². The second-order valence-electron chi connectivity index (χ2n) is 4.44. The highest BCUT2D eigenvalue weighted by Gasteiger charge is 2.11. The molecule has 0 saturated carbocycles. The van der Waals surface area contributed by atoms with E-state index in [0.29, 0.717) is 33.9 Å². The predicted octanol–water partition coefficient (Wildman–Crippen LogP) is 3.23. The van der Waals surface area contributed by atoms with Crippen molar-refractivity contribution in [3.05, 3.63) is 59.5 Å². The third-order valence-electron chi connectivity index (χ3n) is 2.90. The largest absolute Gasteiger partial charge is 0.441 e. The minimum absolute atomic E-state index is 0.325. The molecule has 0 aliphatic heterocycles. The van der Waals surface area contributed by atoms with Crippen molar-refractivity contribution in [1.29, 1.82) is 5.26 Å². The molecule has 1 aromatic heterocycles. The Kier molecular flexibility index (Phi) is 3.13. The Morgan fingerprint density at radius 2 is 2.14 bits per heavy atom. The number of ether oxygens (including phenoxy) is 1. The lowest BCUT2D eigenvalue weighted by Crippen LogP contribution is -2.08. The second-order valence-corrected chi connectivity index (χ2v) is 4.44. The second kappa shape index (κ2) is 5.10. The summed E-state index contributed by atoms with van der Waals surface area (Å²) in [5.74, 6) is 0.407. The Labute approximate surface area is 120 Å². The molecule has 1 heterocycles. The van der Waals surface area contributed by atoms with Crippen LogP contribution in [-0.2, 0) is 0 Å². The van der Waals surface area contributed by atoms with Crippen LogP contribution >= 0.6 is 0 Å². The van der Waals surface area contributed by atoms with Crippen LogP contribution < -0.4 is 4.74 Å². The van der Waals surface area contributed by atoms with E-state index in [1.165, 1.54) is 6.07 Å². The maximum Gasteiger partial charge on any atom is 0.343 e. The van der Waals surface area contributed by atoms with Gasteiger partial charge in [0.2, 0.25) is 0 Å². The fourth-order valence-electron chi connectivity index (χ4n) is 1.97. The molecule has 3 aromatic rings. The first-order chi connectivity index (χ1) is 10.2. The summed E-state index contributed by atoms with van der Waals surface area (Å²) in [5.41, 5.74) is 2.00. The van der Waals surface area contributed by atoms with Crippen LogP contribution in [0.3, 0.4) is 0 Å². The number of fused-ring (bicyclic) bond motifs is 1. The van der Waals surface area contributed by atoms with Crippen LogP contribution in [0, 0.1) is 18.3 Å². The highest BCUT2D eigenvalue weighted by molar-refractivity contribution is 5.91. The van der Waals surface area contributed by atoms with Crippen LogP contribution in [-0.4, -0.2) is 11.0 Å². The molecule has 102 valence electrons. The van der Waals surface area contributed by atoms with Crippen molar-refractivity contribution in [2.75, 3.05) is 0 Å². The summed E-state index contributed by atoms with van der Waals surface area (Å²) in [6.07, 6.45) is 0. The fourth-order valence-corrected chi connectivity index (χ4v) is 1.97. The van der Waals surface area contributed by atoms with Gasteiger partial charge in [-0.2, -0.15) is 5.26 Å². The lowest BCUT2D eigenvalue weighted by molar-refractivity contribution is 0.0735. The monoisotopic (exact) mass is 278 g/mol. The van der Waals surface area contributed by atoms with Gasteiger partial charge in [0.05, 0.1) is 17.2 Å². The van der Waals surface area contributed by atoms with Gasteiger partial charge in [0, 0.05) is 13.0 Å². The van der Waals surface area contributed by atoms with Gasteiger partial charge >= 0.3 is 5.97 Å². The van der Waals surface area contributed by atoms with Gasteiger partial charge in [0.1, 0.15) is 11.3 Å². The molecule has 0 radical (unpaired) electrons. The molecular formula is C16H10N2O3. The molecule has 0 spiro atoms. The van der Waals surface area contributed by atoms with Gasteiger partial charge in [-0.25, -0.2) is 9.78 Å². The van der Waals surface area contributed by atoms with Crippen molar-refractivity contribution in [1.82, 2.24) is 4.98 Å². The Morgan fingerprint density at radius 3 is 2.95 bits per heavy atom. The van der Waals surface area contributed by atoms with Crippen LogP contribution in [0.15, 0.2) is 46.9 Å². The molecule has 2 aromatic carbocycles. The molecule has 0 unspecified atom stereocenters. The number of hydrogen-bond acceptors (Lipinski definition) is 5. The summed E-state index contributed by atoms with van der Waals surface area (Å²) < 4.78 is 10.6. The van der Waals surface area contributed by atoms with Gasteiger partial charge in [-0.3, -0.25) is 0 Å². The maximum atomic E-state index is 12.0. The molecule has 5 nitrogen and oxygen atoms in total. The molecule has 0 fully saturated rings. The molecule has 0 saturated heterocycles. The maximum absolute atomic E-state index is 12.0. The third kappa shape index (κ3) is 2.60. The Hall–Kier alpha value is -3.13. The molecule has 0 atom stereocenters. The number of carbonyl (C=O) groups is 1. The van der Waals surface area contributed by atoms with Gasteiger partial charge in [-0.15, -0.1) is 0 Å². The zero-order valence-electron chi connectivity index (χ0n) is 11.2. The molecule has 5 heteroatoms. The van der Waals surface area contributed by atoms with Gasteiger partial charge < -0.3 is 9.15 Å². The van der Waals surface area contributed by atoms with Crippen molar-refractivity contribution < 1.29 is 13.9 Å². The highest BCUT2D eigenvalue weighted by Crippen LogP contribution is 2.22. The van der Waals surface area contributed by atoms with Gasteiger partial charge in [-0.1, -0.05) is 6.07 Å². The van der Waals surface area contributed by atoms with Gasteiger partial charge in [-0.05, 0) is 30.3 Å². The lowest BCUT2D eigenvalue weighted by atomic mass is 10.1. The molecule has 21 heavy (non-hydrogen) atoms. The highest BCUT2D eigenvalue weighted by atomic mass is 16.5. The Bertz CT molecular complexity index is 875. The van der Waals surface area contributed by atoms with Crippen LogP contribution in [0.25, 0.3) is 11.1 Å². The number of esters is 1. The first-order valence-corrected chi connectivity index (χ1v) is 6.25. The number of benzene rings is 2. The smallest absolute Gasteiger partial charge is 0.343 e. The number of nitrogens with zero attached hydrogens (tertiary/aromatic N) is 2. The molecule has 0 amide bonds. The number of aryl methyl sites for hydroxylation is 1. The van der Waals surface area contributed by atoms with E-state index in [1.807, 2.05) is 6.07 Å². The van der Waals surface area contributed by atoms with Crippen molar-refractivity contribution in [3.63, 3.8) is 0 Å². The Balaban J connectivity index is 1.87. The predicted molar refractivity (Wildman–Crippen MR) is 74.9 cm³/mol. The molecular weight excluding hydrogens is 268 g/mol. The number of rotatable bonds is 2. The minimum Gasteiger partial charge on any atom is -0.441 e. The molecule has 0 aliphatic rings. The topological polar surface area (TPSA) is 76.1 Å². The number of nitriles is 1. The standard InChI is InChI=1S/C16H10N2O3/c1-10-18-14-8-13(5-6-15(14)20-10)21-16(19)12-4-2-3-11(7-12)9-17/h2-8H,1H3. The van der Waals surface area contributed by atoms with E-state index in [4.69, 9.17) is 14.4 Å². The van der Waals surface area contributed by atoms with Gasteiger partial charge in [0.15, 0.2) is 11.5 Å². The summed E-state index contributed by atoms with van der Waals surface area (Å²) in [7, 11) is 0. The number of aromatic nitrogens is 1. The summed E-state index contributed by atoms with van der Waals surface area (Å²) in [6, 6.07) is 13.3. The fraction of sp³-hybridized carbons (Fsp3) is 0.0625. The lowest BCUT2D eigenvalue weighted by Gasteiger charge is -2.04. The molecule has 3 rings (SSSR count). The van der Waals surface area contributed by atoms with E-state index in [2.05, 4.69) is 4.98 Å². The quantitative estimate of drug-likeness (QED) is 0.531. The average Bonchev–Trinajstić information content (AvgIpc) is 2.86. The van der Waals surface area contributed by atoms with Crippen molar-refractivity contribution >= 4 is 17.1 Å². The summed E-state index contributed by atoms with van der Waals surface area (Å²) in [4.78, 5) is 16.2. The van der Waals surface area contributed by atoms with Crippen molar-refractivity contribution in [2.45, 2.75) is 6.92 Å². The van der Waals surface area contributed by atoms with Gasteiger partial charge in [0.25, 0.3) is 0 Å². The van der Waals surface area contributed by atoms with E-state index in [1.54, 1.807) is 43.3 Å². The zero-order chi connectivity index (χ0) is 14.8. The van der Waals surface area contributed by atoms with E-state index in [0.717, 1.165) is 0 Å². The molecule has 0 bridgehead atoms. The van der Waals surface area contributed by atoms with Crippen LogP contribution in [0.1, 0.15) is 21.8 Å². The first-order valence-electron chi connectivity index (χ1n) is 6.25. The summed E-state index contributed by atoms with van der Waals surface area (Å²) >= 11 is 0. The number of oxazole rings is 1. The van der Waals surface area contributed by atoms with Crippen molar-refractivity contribution in [3.8, 4) is 11.8 Å². The average molecular weight is 278 g/mol. The first kappa shape index (κ1) is 12.9. The number of carbonyl (C=O) groups excluding carboxylic acids is 1. The molecule has 0 aliphatic carbocycles.